The van der Waals surface area contributed by atoms with Gasteiger partial charge in [-0.05, 0) is 248 Å². The van der Waals surface area contributed by atoms with Crippen LogP contribution in [0, 0.1) is 111 Å². The Kier molecular flexibility index (Phi) is 19.7. The molecule has 514 valence electrons. The van der Waals surface area contributed by atoms with Gasteiger partial charge >= 0.3 is 0 Å². The van der Waals surface area contributed by atoms with E-state index in [1.54, 1.807) is 24.8 Å². The van der Waals surface area contributed by atoms with E-state index in [0.717, 1.165) is 110 Å². The number of benzene rings is 6. The van der Waals surface area contributed by atoms with Crippen molar-refractivity contribution in [2.24, 2.45) is 0 Å². The molecule has 0 amide bonds. The Labute approximate surface area is 628 Å². The maximum Gasteiger partial charge on any atom is 0.0996 e. The van der Waals surface area contributed by atoms with E-state index in [1.165, 1.54) is 132 Å². The van der Waals surface area contributed by atoms with Crippen molar-refractivity contribution in [3.8, 4) is 0 Å². The molecule has 0 bridgehead atoms. The molecule has 0 fully saturated rings. The molecule has 0 atom stereocenters. The minimum absolute atomic E-state index is 0. The number of pyridine rings is 12. The van der Waals surface area contributed by atoms with Crippen LogP contribution in [0.3, 0.4) is 0 Å². The summed E-state index contributed by atoms with van der Waals surface area (Å²) >= 11 is 0. The van der Waals surface area contributed by atoms with E-state index in [9.17, 15) is 0 Å². The second kappa shape index (κ2) is 28.7. The van der Waals surface area contributed by atoms with Gasteiger partial charge in [0.2, 0.25) is 0 Å². The Hall–Kier alpha value is -10.9. The molecule has 0 aliphatic carbocycles. The van der Waals surface area contributed by atoms with Crippen LogP contribution in [0.25, 0.3) is 153 Å². The van der Waals surface area contributed by atoms with Crippen LogP contribution in [0.5, 0.6) is 0 Å². The zero-order valence-electron chi connectivity index (χ0n) is 61.1. The van der Waals surface area contributed by atoms with Gasteiger partial charge in [0.15, 0.2) is 0 Å². The summed E-state index contributed by atoms with van der Waals surface area (Å²) in [6.45, 7) is 33.9. The van der Waals surface area contributed by atoms with Crippen molar-refractivity contribution in [3.05, 3.63) is 260 Å². The van der Waals surface area contributed by atoms with Crippen molar-refractivity contribution in [1.29, 1.82) is 0 Å². The van der Waals surface area contributed by atoms with Crippen LogP contribution >= 0.6 is 0 Å². The molecule has 0 radical (unpaired) electrons. The van der Waals surface area contributed by atoms with Gasteiger partial charge in [-0.2, -0.15) is 0 Å². The van der Waals surface area contributed by atoms with E-state index in [0.29, 0.717) is 0 Å². The summed E-state index contributed by atoms with van der Waals surface area (Å²) in [5.41, 5.74) is 34.9. The summed E-state index contributed by atoms with van der Waals surface area (Å²) < 4.78 is 0. The molecule has 0 saturated carbocycles. The largest absolute Gasteiger partial charge is 0.254 e. The molecular formula is C88H76N14Ru2. The van der Waals surface area contributed by atoms with Crippen LogP contribution in [-0.2, 0) is 39.0 Å². The number of rotatable bonds is 0. The third-order valence-electron chi connectivity index (χ3n) is 21.3. The minimum atomic E-state index is 0. The molecule has 19 rings (SSSR count). The van der Waals surface area contributed by atoms with Gasteiger partial charge < -0.3 is 0 Å². The van der Waals surface area contributed by atoms with E-state index in [4.69, 9.17) is 9.97 Å². The van der Waals surface area contributed by atoms with Crippen molar-refractivity contribution in [2.45, 2.75) is 111 Å². The molecule has 0 spiro atoms. The SMILES string of the molecule is Cc1cnc2c(ccc3c(C)c(C)cnc32)c1C.Cc1cnc2c(ccc3c(C)c(C)cnc32)c1C.Cc1cnc2c(ccc3c(C)c(C)cnc32)c1C.Cc1cnc2c(ccc3c(C)c(C)cnc32)c1C.[Ru].[Ru].c1cnc2c(c1)c1nc3c4cccnc4c4ncccc4c3nc1c1cccnc12. The van der Waals surface area contributed by atoms with Gasteiger partial charge in [0.05, 0.1) is 88.3 Å². The van der Waals surface area contributed by atoms with Crippen LogP contribution in [0.4, 0.5) is 0 Å². The zero-order valence-corrected chi connectivity index (χ0v) is 64.6. The molecule has 0 aliphatic heterocycles. The van der Waals surface area contributed by atoms with E-state index in [2.05, 4.69) is 219 Å². The van der Waals surface area contributed by atoms with Gasteiger partial charge in [-0.3, -0.25) is 59.8 Å². The van der Waals surface area contributed by atoms with Gasteiger partial charge in [0.25, 0.3) is 0 Å². The molecule has 14 nitrogen and oxygen atoms in total. The molecule has 0 aliphatic rings. The summed E-state index contributed by atoms with van der Waals surface area (Å²) in [4.78, 5) is 65.3. The summed E-state index contributed by atoms with van der Waals surface area (Å²) in [7, 11) is 0. The smallest absolute Gasteiger partial charge is 0.0996 e. The fourth-order valence-corrected chi connectivity index (χ4v) is 13.9. The molecule has 19 aromatic rings. The van der Waals surface area contributed by atoms with Crippen molar-refractivity contribution >= 4 is 153 Å². The van der Waals surface area contributed by atoms with Crippen LogP contribution in [0.15, 0.2) is 171 Å². The van der Waals surface area contributed by atoms with E-state index < -0.39 is 0 Å². The Morgan fingerprint density at radius 2 is 0.288 bits per heavy atom. The first-order chi connectivity index (χ1) is 49.3. The molecule has 13 heterocycles. The number of hydrogen-bond acceptors (Lipinski definition) is 14. The van der Waals surface area contributed by atoms with Crippen molar-refractivity contribution in [2.75, 3.05) is 0 Å². The zero-order chi connectivity index (χ0) is 71.1. The third-order valence-corrected chi connectivity index (χ3v) is 21.3. The first-order valence-corrected chi connectivity index (χ1v) is 34.4. The fraction of sp³-hybridized carbons (Fsp3) is 0.182. The molecule has 104 heavy (non-hydrogen) atoms. The molecule has 16 heteroatoms. The Morgan fingerprint density at radius 3 is 0.433 bits per heavy atom. The maximum atomic E-state index is 5.14. The standard InChI is InChI=1S/C24H12N6.4C16H16N2.2Ru/c1-5-13-17(25-9-1)18-14(6-2-10-26-18)22-21(13)29-23-15-7-3-11-27-19(15)20-16(24(23)30-22)8-4-12-28-20;4*1-9-7-17-15-13(11(9)3)5-6-14-12(4)10(2)8-18-16(14)15;;/h1-12H;4*5-8H,1-4H3;;. The minimum Gasteiger partial charge on any atom is -0.254 e. The summed E-state index contributed by atoms with van der Waals surface area (Å²) in [5, 5.41) is 13.4. The van der Waals surface area contributed by atoms with E-state index >= 15 is 0 Å². The van der Waals surface area contributed by atoms with Crippen molar-refractivity contribution in [3.63, 3.8) is 0 Å². The van der Waals surface area contributed by atoms with E-state index in [1.807, 2.05) is 98.1 Å². The Morgan fingerprint density at radius 1 is 0.154 bits per heavy atom. The van der Waals surface area contributed by atoms with Crippen LogP contribution < -0.4 is 0 Å². The average Bonchev–Trinajstić information content (AvgIpc) is 0.717. The second-order valence-corrected chi connectivity index (χ2v) is 27.2. The topological polar surface area (TPSA) is 180 Å². The molecule has 6 aromatic carbocycles. The summed E-state index contributed by atoms with van der Waals surface area (Å²) in [6.07, 6.45) is 22.7. The van der Waals surface area contributed by atoms with Crippen molar-refractivity contribution < 1.29 is 39.0 Å². The quantitative estimate of drug-likeness (QED) is 0.0794. The number of hydrogen-bond donors (Lipinski definition) is 0. The molecule has 0 saturated heterocycles. The third kappa shape index (κ3) is 12.3. The van der Waals surface area contributed by atoms with Gasteiger partial charge in [-0.25, -0.2) is 9.97 Å². The Balaban J connectivity index is 0.000000117. The van der Waals surface area contributed by atoms with Gasteiger partial charge in [-0.15, -0.1) is 0 Å². The predicted octanol–water partition coefficient (Wildman–Crippen LogP) is 21.0. The summed E-state index contributed by atoms with van der Waals surface area (Å²) in [6, 6.07) is 33.2. The molecule has 13 aromatic heterocycles. The first kappa shape index (κ1) is 71.5. The molecule has 0 unspecified atom stereocenters. The number of fused-ring (bicyclic) bond motifs is 24. The van der Waals surface area contributed by atoms with Gasteiger partial charge in [-0.1, -0.05) is 48.5 Å². The molecule has 0 N–H and O–H groups in total. The monoisotopic (exact) mass is 1530 g/mol. The normalized spacial score (nSPS) is 11.3. The van der Waals surface area contributed by atoms with Crippen LogP contribution in [0.2, 0.25) is 0 Å². The number of nitrogens with zero attached hydrogens (tertiary/aromatic N) is 14. The van der Waals surface area contributed by atoms with Crippen molar-refractivity contribution in [1.82, 2.24) is 69.8 Å². The summed E-state index contributed by atoms with van der Waals surface area (Å²) in [5.74, 6) is 0. The Bertz CT molecular complexity index is 5670. The fourth-order valence-electron chi connectivity index (χ4n) is 13.9. The van der Waals surface area contributed by atoms with Crippen LogP contribution in [-0.4, -0.2) is 69.8 Å². The van der Waals surface area contributed by atoms with Gasteiger partial charge in [0.1, 0.15) is 0 Å². The molecular weight excluding hydrogens is 1460 g/mol. The predicted molar refractivity (Wildman–Crippen MR) is 422 cm³/mol. The maximum absolute atomic E-state index is 5.14. The number of aryl methyl sites for hydroxylation is 16. The number of aromatic nitrogens is 14. The van der Waals surface area contributed by atoms with Gasteiger partial charge in [0, 0.05) is 178 Å². The van der Waals surface area contributed by atoms with Crippen LogP contribution in [0.1, 0.15) is 89.0 Å². The second-order valence-electron chi connectivity index (χ2n) is 27.2. The van der Waals surface area contributed by atoms with E-state index in [-0.39, 0.29) is 39.0 Å². The first-order valence-electron chi connectivity index (χ1n) is 34.4. The average molecular weight is 1530 g/mol.